The average molecular weight is 328 g/mol. The molecule has 4 rings (SSSR count). The molecule has 4 aromatic rings. The van der Waals surface area contributed by atoms with Crippen LogP contribution in [0.3, 0.4) is 0 Å². The Morgan fingerprint density at radius 2 is 1.12 bits per heavy atom. The second-order valence-electron chi connectivity index (χ2n) is 5.49. The molecule has 3 heteroatoms. The zero-order valence-electron chi connectivity index (χ0n) is 13.1. The zero-order valence-corrected chi connectivity index (χ0v) is 14.0. The van der Waals surface area contributed by atoms with Gasteiger partial charge in [0, 0.05) is 13.5 Å². The van der Waals surface area contributed by atoms with Crippen molar-refractivity contribution in [2.75, 3.05) is 0 Å². The maximum atomic E-state index is 4.62. The van der Waals surface area contributed by atoms with Crippen molar-refractivity contribution in [3.63, 3.8) is 0 Å². The van der Waals surface area contributed by atoms with Crippen molar-refractivity contribution in [2.24, 2.45) is 0 Å². The van der Waals surface area contributed by atoms with Crippen LogP contribution in [0.2, 0.25) is 0 Å². The van der Waals surface area contributed by atoms with E-state index in [1.165, 1.54) is 16.0 Å². The first-order valence-corrected chi connectivity index (χ1v) is 9.26. The minimum absolute atomic E-state index is 0.634. The number of hydrogen-bond donors (Lipinski definition) is 1. The Labute approximate surface area is 143 Å². The molecule has 0 saturated heterocycles. The molecule has 0 saturated carbocycles. The number of hydrogen-bond acceptors (Lipinski definition) is 1. The van der Waals surface area contributed by atoms with E-state index in [4.69, 9.17) is 0 Å². The number of aromatic amines is 1. The molecule has 116 valence electrons. The molecule has 24 heavy (non-hydrogen) atoms. The van der Waals surface area contributed by atoms with E-state index < -0.39 is 7.92 Å². The molecular formula is C21H17N2P. The second kappa shape index (κ2) is 6.82. The van der Waals surface area contributed by atoms with Gasteiger partial charge in [-0.2, -0.15) is 0 Å². The summed E-state index contributed by atoms with van der Waals surface area (Å²) in [6, 6.07) is 31.6. The van der Waals surface area contributed by atoms with Gasteiger partial charge in [-0.3, -0.25) is 0 Å². The largest absolute Gasteiger partial charge is 0.338 e. The first-order valence-electron chi connectivity index (χ1n) is 7.92. The van der Waals surface area contributed by atoms with Gasteiger partial charge < -0.3 is 4.98 Å². The fourth-order valence-electron chi connectivity index (χ4n) is 2.75. The predicted molar refractivity (Wildman–Crippen MR) is 103 cm³/mol. The number of rotatable bonds is 4. The molecule has 0 bridgehead atoms. The van der Waals surface area contributed by atoms with Crippen LogP contribution in [0.5, 0.6) is 0 Å². The molecule has 1 aromatic heterocycles. The van der Waals surface area contributed by atoms with Gasteiger partial charge in [0.15, 0.2) is 0 Å². The van der Waals surface area contributed by atoms with Crippen molar-refractivity contribution in [1.29, 1.82) is 0 Å². The highest BCUT2D eigenvalue weighted by Crippen LogP contribution is 2.32. The highest BCUT2D eigenvalue weighted by atomic mass is 31.1. The Hall–Kier alpha value is -2.70. The molecule has 0 fully saturated rings. The molecule has 0 unspecified atom stereocenters. The number of H-pyrrole nitrogens is 1. The lowest BCUT2D eigenvalue weighted by Crippen LogP contribution is -2.21. The van der Waals surface area contributed by atoms with Crippen molar-refractivity contribution in [1.82, 2.24) is 9.97 Å². The van der Waals surface area contributed by atoms with Crippen molar-refractivity contribution in [2.45, 2.75) is 0 Å². The number of imidazole rings is 1. The van der Waals surface area contributed by atoms with E-state index in [-0.39, 0.29) is 0 Å². The van der Waals surface area contributed by atoms with Crippen molar-refractivity contribution < 1.29 is 0 Å². The lowest BCUT2D eigenvalue weighted by atomic mass is 10.2. The smallest absolute Gasteiger partial charge is 0.137 e. The molecule has 0 aliphatic carbocycles. The van der Waals surface area contributed by atoms with Gasteiger partial charge in [0.2, 0.25) is 0 Å². The Bertz CT molecular complexity index is 863. The minimum Gasteiger partial charge on any atom is -0.338 e. The van der Waals surface area contributed by atoms with Crippen LogP contribution in [0.4, 0.5) is 0 Å². The number of nitrogens with one attached hydrogen (secondary N) is 1. The van der Waals surface area contributed by atoms with Gasteiger partial charge in [-0.15, -0.1) is 0 Å². The Balaban J connectivity index is 1.79. The van der Waals surface area contributed by atoms with E-state index in [2.05, 4.69) is 82.8 Å². The van der Waals surface area contributed by atoms with E-state index in [1.54, 1.807) is 0 Å². The van der Waals surface area contributed by atoms with Gasteiger partial charge >= 0.3 is 0 Å². The SMILES string of the molecule is c1ccc(-c2ncc(P(c3ccccc3)c3ccccc3)[nH]2)cc1. The minimum atomic E-state index is -0.634. The lowest BCUT2D eigenvalue weighted by molar-refractivity contribution is 1.32. The molecule has 3 aromatic carbocycles. The maximum absolute atomic E-state index is 4.62. The molecule has 0 spiro atoms. The van der Waals surface area contributed by atoms with Gasteiger partial charge in [0.1, 0.15) is 5.82 Å². The summed E-state index contributed by atoms with van der Waals surface area (Å²) in [5.41, 5.74) is 2.28. The Kier molecular flexibility index (Phi) is 4.22. The summed E-state index contributed by atoms with van der Waals surface area (Å²) >= 11 is 0. The van der Waals surface area contributed by atoms with Crippen LogP contribution in [-0.2, 0) is 0 Å². The number of benzene rings is 3. The third-order valence-electron chi connectivity index (χ3n) is 3.88. The Morgan fingerprint density at radius 3 is 1.67 bits per heavy atom. The number of nitrogens with zero attached hydrogens (tertiary/aromatic N) is 1. The topological polar surface area (TPSA) is 28.7 Å². The fraction of sp³-hybridized carbons (Fsp3) is 0. The highest BCUT2D eigenvalue weighted by Gasteiger charge is 2.18. The van der Waals surface area contributed by atoms with E-state index in [1.807, 2.05) is 24.4 Å². The van der Waals surface area contributed by atoms with Crippen LogP contribution in [0.1, 0.15) is 0 Å². The molecule has 0 radical (unpaired) electrons. The van der Waals surface area contributed by atoms with Crippen molar-refractivity contribution in [3.05, 3.63) is 97.2 Å². The van der Waals surface area contributed by atoms with Gasteiger partial charge in [-0.05, 0) is 10.6 Å². The van der Waals surface area contributed by atoms with E-state index in [0.29, 0.717) is 0 Å². The first kappa shape index (κ1) is 14.9. The molecule has 0 aliphatic rings. The standard InChI is InChI=1S/C21H17N2P/c1-4-10-17(11-5-1)21-22-16-20(23-21)24(18-12-6-2-7-13-18)19-14-8-3-9-15-19/h1-16H,(H,22,23). The quantitative estimate of drug-likeness (QED) is 0.567. The van der Waals surface area contributed by atoms with Crippen LogP contribution in [0, 0.1) is 0 Å². The monoisotopic (exact) mass is 328 g/mol. The molecule has 0 amide bonds. The summed E-state index contributed by atoms with van der Waals surface area (Å²) in [5.74, 6) is 0.921. The summed E-state index contributed by atoms with van der Waals surface area (Å²) < 4.78 is 0. The van der Waals surface area contributed by atoms with Crippen LogP contribution < -0.4 is 16.0 Å². The summed E-state index contributed by atoms with van der Waals surface area (Å²) in [4.78, 5) is 8.16. The molecule has 2 nitrogen and oxygen atoms in total. The molecule has 1 N–H and O–H groups in total. The van der Waals surface area contributed by atoms with Crippen LogP contribution >= 0.6 is 7.92 Å². The van der Waals surface area contributed by atoms with Gasteiger partial charge in [-0.1, -0.05) is 91.0 Å². The third-order valence-corrected chi connectivity index (χ3v) is 6.22. The van der Waals surface area contributed by atoms with Crippen LogP contribution in [0.15, 0.2) is 97.2 Å². The summed E-state index contributed by atoms with van der Waals surface area (Å²) in [6.07, 6.45) is 1.98. The molecule has 0 aliphatic heterocycles. The normalized spacial score (nSPS) is 10.9. The maximum Gasteiger partial charge on any atom is 0.137 e. The van der Waals surface area contributed by atoms with Gasteiger partial charge in [0.05, 0.1) is 11.6 Å². The highest BCUT2D eigenvalue weighted by molar-refractivity contribution is 7.79. The molecular weight excluding hydrogens is 311 g/mol. The fourth-order valence-corrected chi connectivity index (χ4v) is 4.94. The van der Waals surface area contributed by atoms with E-state index >= 15 is 0 Å². The predicted octanol–water partition coefficient (Wildman–Crippen LogP) is 3.83. The summed E-state index contributed by atoms with van der Waals surface area (Å²) in [5, 5.41) is 2.64. The van der Waals surface area contributed by atoms with Crippen LogP contribution in [0.25, 0.3) is 11.4 Å². The van der Waals surface area contributed by atoms with Crippen molar-refractivity contribution in [3.8, 4) is 11.4 Å². The molecule has 0 atom stereocenters. The van der Waals surface area contributed by atoms with E-state index in [9.17, 15) is 0 Å². The summed E-state index contributed by atoms with van der Waals surface area (Å²) in [6.45, 7) is 0. The Morgan fingerprint density at radius 1 is 0.625 bits per heavy atom. The first-order chi connectivity index (χ1) is 11.9. The zero-order chi connectivity index (χ0) is 16.2. The van der Waals surface area contributed by atoms with Crippen molar-refractivity contribution >= 4 is 24.0 Å². The van der Waals surface area contributed by atoms with Gasteiger partial charge in [0.25, 0.3) is 0 Å². The van der Waals surface area contributed by atoms with E-state index in [0.717, 1.165) is 11.4 Å². The van der Waals surface area contributed by atoms with Crippen LogP contribution in [-0.4, -0.2) is 9.97 Å². The molecule has 1 heterocycles. The average Bonchev–Trinajstić information content (AvgIpc) is 3.14. The third kappa shape index (κ3) is 3.02. The second-order valence-corrected chi connectivity index (χ2v) is 7.68. The summed E-state index contributed by atoms with van der Waals surface area (Å²) in [7, 11) is -0.634. The number of aromatic nitrogens is 2. The van der Waals surface area contributed by atoms with Gasteiger partial charge in [-0.25, -0.2) is 4.98 Å². The lowest BCUT2D eigenvalue weighted by Gasteiger charge is -2.16.